The number of nitrogens with two attached hydrogens (primary N) is 1. The van der Waals surface area contributed by atoms with E-state index in [1.54, 1.807) is 0 Å². The van der Waals surface area contributed by atoms with Gasteiger partial charge in [-0.1, -0.05) is 30.3 Å². The van der Waals surface area contributed by atoms with E-state index in [2.05, 4.69) is 5.32 Å². The standard InChI is InChI=1S/C12H18N2O2/c13-7-4-8-14-9-12(15)16-10-11-5-2-1-3-6-11/h1-3,5-6,14H,4,7-10,13H2. The summed E-state index contributed by atoms with van der Waals surface area (Å²) in [4.78, 5) is 11.3. The third kappa shape index (κ3) is 5.48. The van der Waals surface area contributed by atoms with Gasteiger partial charge in [0.1, 0.15) is 6.61 Å². The van der Waals surface area contributed by atoms with Crippen LogP contribution in [0.15, 0.2) is 30.3 Å². The number of ether oxygens (including phenoxy) is 1. The Morgan fingerprint density at radius 2 is 2.06 bits per heavy atom. The van der Waals surface area contributed by atoms with Gasteiger partial charge in [0, 0.05) is 0 Å². The molecule has 0 aromatic heterocycles. The zero-order valence-electron chi connectivity index (χ0n) is 9.32. The molecule has 0 aliphatic rings. The van der Waals surface area contributed by atoms with E-state index in [1.165, 1.54) is 0 Å². The molecule has 0 bridgehead atoms. The third-order valence-corrected chi connectivity index (χ3v) is 2.07. The van der Waals surface area contributed by atoms with Crippen molar-refractivity contribution in [2.75, 3.05) is 19.6 Å². The Morgan fingerprint density at radius 1 is 1.31 bits per heavy atom. The van der Waals surface area contributed by atoms with Gasteiger partial charge in [0.2, 0.25) is 0 Å². The molecule has 1 aromatic carbocycles. The highest BCUT2D eigenvalue weighted by molar-refractivity contribution is 5.71. The molecule has 0 saturated heterocycles. The van der Waals surface area contributed by atoms with Crippen LogP contribution in [0.1, 0.15) is 12.0 Å². The Balaban J connectivity index is 2.11. The van der Waals surface area contributed by atoms with Gasteiger partial charge < -0.3 is 15.8 Å². The maximum atomic E-state index is 11.3. The Hall–Kier alpha value is -1.39. The maximum Gasteiger partial charge on any atom is 0.320 e. The first-order chi connectivity index (χ1) is 7.83. The number of rotatable bonds is 7. The largest absolute Gasteiger partial charge is 0.460 e. The Bertz CT molecular complexity index is 301. The fourth-order valence-corrected chi connectivity index (χ4v) is 1.21. The van der Waals surface area contributed by atoms with Crippen LogP contribution in [-0.2, 0) is 16.1 Å². The number of benzene rings is 1. The average Bonchev–Trinajstić information content (AvgIpc) is 2.33. The van der Waals surface area contributed by atoms with E-state index < -0.39 is 0 Å². The molecule has 0 aliphatic carbocycles. The van der Waals surface area contributed by atoms with Gasteiger partial charge in [-0.05, 0) is 25.1 Å². The van der Waals surface area contributed by atoms with E-state index in [-0.39, 0.29) is 12.5 Å². The highest BCUT2D eigenvalue weighted by Crippen LogP contribution is 2.00. The summed E-state index contributed by atoms with van der Waals surface area (Å²) in [6.45, 7) is 1.95. The van der Waals surface area contributed by atoms with Crippen LogP contribution in [0.2, 0.25) is 0 Å². The van der Waals surface area contributed by atoms with Gasteiger partial charge >= 0.3 is 5.97 Å². The molecule has 0 amide bonds. The van der Waals surface area contributed by atoms with Gasteiger partial charge in [0.15, 0.2) is 0 Å². The van der Waals surface area contributed by atoms with Crippen molar-refractivity contribution in [1.82, 2.24) is 5.32 Å². The van der Waals surface area contributed by atoms with Crippen molar-refractivity contribution in [2.45, 2.75) is 13.0 Å². The van der Waals surface area contributed by atoms with Gasteiger partial charge in [0.25, 0.3) is 0 Å². The number of carbonyl (C=O) groups excluding carboxylic acids is 1. The van der Waals surface area contributed by atoms with E-state index in [0.717, 1.165) is 18.5 Å². The molecule has 0 atom stereocenters. The molecular weight excluding hydrogens is 204 g/mol. The van der Waals surface area contributed by atoms with Crippen molar-refractivity contribution in [1.29, 1.82) is 0 Å². The van der Waals surface area contributed by atoms with Crippen molar-refractivity contribution in [2.24, 2.45) is 5.73 Å². The molecule has 4 heteroatoms. The summed E-state index contributed by atoms with van der Waals surface area (Å²) < 4.78 is 5.08. The van der Waals surface area contributed by atoms with E-state index in [4.69, 9.17) is 10.5 Å². The smallest absolute Gasteiger partial charge is 0.320 e. The lowest BCUT2D eigenvalue weighted by Crippen LogP contribution is -2.26. The quantitative estimate of drug-likeness (QED) is 0.525. The minimum atomic E-state index is -0.235. The van der Waals surface area contributed by atoms with Gasteiger partial charge in [0.05, 0.1) is 6.54 Å². The molecule has 1 aromatic rings. The molecule has 16 heavy (non-hydrogen) atoms. The Labute approximate surface area is 95.8 Å². The van der Waals surface area contributed by atoms with Gasteiger partial charge in [-0.3, -0.25) is 4.79 Å². The van der Waals surface area contributed by atoms with Gasteiger partial charge in [-0.2, -0.15) is 0 Å². The van der Waals surface area contributed by atoms with Crippen molar-refractivity contribution in [3.05, 3.63) is 35.9 Å². The molecule has 0 fully saturated rings. The molecule has 0 spiro atoms. The third-order valence-electron chi connectivity index (χ3n) is 2.07. The SMILES string of the molecule is NCCCNCC(=O)OCc1ccccc1. The number of hydrogen-bond acceptors (Lipinski definition) is 4. The molecule has 88 valence electrons. The molecule has 0 saturated carbocycles. The van der Waals surface area contributed by atoms with Crippen LogP contribution in [0.25, 0.3) is 0 Å². The first kappa shape index (κ1) is 12.7. The summed E-state index contributed by atoms with van der Waals surface area (Å²) in [7, 11) is 0. The molecule has 0 heterocycles. The summed E-state index contributed by atoms with van der Waals surface area (Å²) in [5, 5.41) is 2.97. The first-order valence-electron chi connectivity index (χ1n) is 5.43. The molecule has 0 aliphatic heterocycles. The predicted molar refractivity (Wildman–Crippen MR) is 62.8 cm³/mol. The lowest BCUT2D eigenvalue weighted by atomic mass is 10.2. The lowest BCUT2D eigenvalue weighted by molar-refractivity contribution is -0.143. The minimum absolute atomic E-state index is 0.235. The topological polar surface area (TPSA) is 64.3 Å². The minimum Gasteiger partial charge on any atom is -0.460 e. The molecular formula is C12H18N2O2. The van der Waals surface area contributed by atoms with Crippen LogP contribution >= 0.6 is 0 Å². The number of carbonyl (C=O) groups is 1. The number of esters is 1. The lowest BCUT2D eigenvalue weighted by Gasteiger charge is -2.05. The monoisotopic (exact) mass is 222 g/mol. The van der Waals surface area contributed by atoms with Gasteiger partial charge in [-0.15, -0.1) is 0 Å². The average molecular weight is 222 g/mol. The summed E-state index contributed by atoms with van der Waals surface area (Å²) in [5.74, 6) is -0.235. The summed E-state index contributed by atoms with van der Waals surface area (Å²) in [5.41, 5.74) is 6.32. The highest BCUT2D eigenvalue weighted by atomic mass is 16.5. The second-order valence-corrected chi connectivity index (χ2v) is 3.47. The Morgan fingerprint density at radius 3 is 2.75 bits per heavy atom. The van der Waals surface area contributed by atoms with Crippen molar-refractivity contribution >= 4 is 5.97 Å². The van der Waals surface area contributed by atoms with Crippen molar-refractivity contribution < 1.29 is 9.53 Å². The second-order valence-electron chi connectivity index (χ2n) is 3.47. The normalized spacial score (nSPS) is 10.1. The van der Waals surface area contributed by atoms with Crippen molar-refractivity contribution in [3.8, 4) is 0 Å². The fraction of sp³-hybridized carbons (Fsp3) is 0.417. The summed E-state index contributed by atoms with van der Waals surface area (Å²) >= 11 is 0. The van der Waals surface area contributed by atoms with Crippen LogP contribution in [-0.4, -0.2) is 25.6 Å². The van der Waals surface area contributed by atoms with Crippen LogP contribution < -0.4 is 11.1 Å². The zero-order valence-corrected chi connectivity index (χ0v) is 9.32. The summed E-state index contributed by atoms with van der Waals surface area (Å²) in [6.07, 6.45) is 0.867. The van der Waals surface area contributed by atoms with E-state index in [9.17, 15) is 4.79 Å². The predicted octanol–water partition coefficient (Wildman–Crippen LogP) is 0.668. The molecule has 3 N–H and O–H groups in total. The zero-order chi connectivity index (χ0) is 11.6. The van der Waals surface area contributed by atoms with E-state index in [0.29, 0.717) is 13.2 Å². The maximum absolute atomic E-state index is 11.3. The summed E-state index contributed by atoms with van der Waals surface area (Å²) in [6, 6.07) is 9.62. The van der Waals surface area contributed by atoms with Crippen molar-refractivity contribution in [3.63, 3.8) is 0 Å². The fourth-order valence-electron chi connectivity index (χ4n) is 1.21. The van der Waals surface area contributed by atoms with Crippen LogP contribution in [0.4, 0.5) is 0 Å². The molecule has 0 unspecified atom stereocenters. The van der Waals surface area contributed by atoms with E-state index >= 15 is 0 Å². The van der Waals surface area contributed by atoms with Crippen LogP contribution in [0.3, 0.4) is 0 Å². The number of nitrogens with one attached hydrogen (secondary N) is 1. The Kier molecular flexibility index (Phi) is 6.22. The highest BCUT2D eigenvalue weighted by Gasteiger charge is 2.01. The molecule has 1 rings (SSSR count). The van der Waals surface area contributed by atoms with Gasteiger partial charge in [-0.25, -0.2) is 0 Å². The van der Waals surface area contributed by atoms with E-state index in [1.807, 2.05) is 30.3 Å². The van der Waals surface area contributed by atoms with Crippen LogP contribution in [0, 0.1) is 0 Å². The molecule has 0 radical (unpaired) electrons. The first-order valence-corrected chi connectivity index (χ1v) is 5.43. The van der Waals surface area contributed by atoms with Crippen LogP contribution in [0.5, 0.6) is 0 Å². The second kappa shape index (κ2) is 7.84. The number of hydrogen-bond donors (Lipinski definition) is 2. The molecule has 4 nitrogen and oxygen atoms in total.